The second-order valence-corrected chi connectivity index (χ2v) is 7.23. The van der Waals surface area contributed by atoms with E-state index in [0.717, 1.165) is 0 Å². The highest BCUT2D eigenvalue weighted by atomic mass is 32.1. The molecule has 0 aliphatic rings. The maximum atomic E-state index is 12.6. The van der Waals surface area contributed by atoms with Crippen LogP contribution in [0.3, 0.4) is 0 Å². The van der Waals surface area contributed by atoms with Gasteiger partial charge in [-0.1, -0.05) is 6.42 Å². The molecule has 11 N–H and O–H groups in total. The van der Waals surface area contributed by atoms with Gasteiger partial charge in [-0.15, -0.1) is 0 Å². The maximum Gasteiger partial charge on any atom is 0.327 e. The van der Waals surface area contributed by atoms with Crippen molar-refractivity contribution >= 4 is 48.2 Å². The van der Waals surface area contributed by atoms with Gasteiger partial charge in [0, 0.05) is 5.75 Å². The summed E-state index contributed by atoms with van der Waals surface area (Å²) in [6.45, 7) is 0.400. The van der Waals surface area contributed by atoms with Crippen molar-refractivity contribution in [3.8, 4) is 0 Å². The van der Waals surface area contributed by atoms with Crippen molar-refractivity contribution in [2.75, 3.05) is 12.3 Å². The Morgan fingerprint density at radius 1 is 0.812 bits per heavy atom. The van der Waals surface area contributed by atoms with Crippen LogP contribution < -0.4 is 33.2 Å². The van der Waals surface area contributed by atoms with Crippen LogP contribution in [0, 0.1) is 0 Å². The van der Waals surface area contributed by atoms with Gasteiger partial charge in [0.25, 0.3) is 0 Å². The van der Waals surface area contributed by atoms with Crippen molar-refractivity contribution in [2.45, 2.75) is 56.3 Å². The molecule has 0 fully saturated rings. The fraction of sp³-hybridized carbons (Fsp3) is 0.647. The number of aliphatic carboxylic acids is 2. The second kappa shape index (κ2) is 15.0. The van der Waals surface area contributed by atoms with Gasteiger partial charge in [0.15, 0.2) is 0 Å². The first-order valence-corrected chi connectivity index (χ1v) is 10.3. The summed E-state index contributed by atoms with van der Waals surface area (Å²) in [5.74, 6) is -7.06. The summed E-state index contributed by atoms with van der Waals surface area (Å²) in [4.78, 5) is 70.6. The molecule has 0 saturated carbocycles. The fourth-order valence-electron chi connectivity index (χ4n) is 2.44. The summed E-state index contributed by atoms with van der Waals surface area (Å²) in [5.41, 5.74) is 16.2. The first-order chi connectivity index (χ1) is 14.9. The molecule has 4 atom stereocenters. The third-order valence-corrected chi connectivity index (χ3v) is 4.52. The molecule has 15 heteroatoms. The standard InChI is InChI=1S/C17H30N6O8S/c18-4-2-1-3-8(19)14(27)21-10(6-13(25)26)16(29)22-9(5-12(20)24)15(28)23-11(7-32)17(30)31/h8-11,32H,1-7,18-19H2,(H2,20,24)(H,21,27)(H,22,29)(H,23,28)(H,25,26)(H,30,31). The van der Waals surface area contributed by atoms with E-state index in [4.69, 9.17) is 27.4 Å². The number of carboxylic acid groups (broad SMARTS) is 2. The third-order valence-electron chi connectivity index (χ3n) is 4.15. The monoisotopic (exact) mass is 478 g/mol. The summed E-state index contributed by atoms with van der Waals surface area (Å²) in [6, 6.07) is -5.68. The Kier molecular flexibility index (Phi) is 13.6. The van der Waals surface area contributed by atoms with Crippen LogP contribution >= 0.6 is 12.6 Å². The van der Waals surface area contributed by atoms with E-state index in [1.165, 1.54) is 0 Å². The van der Waals surface area contributed by atoms with Crippen molar-refractivity contribution in [1.29, 1.82) is 0 Å². The minimum absolute atomic E-state index is 0.247. The smallest absolute Gasteiger partial charge is 0.327 e. The number of hydrogen-bond donors (Lipinski definition) is 9. The number of rotatable bonds is 16. The Morgan fingerprint density at radius 3 is 1.75 bits per heavy atom. The third kappa shape index (κ3) is 11.5. The van der Waals surface area contributed by atoms with Gasteiger partial charge in [-0.2, -0.15) is 12.6 Å². The summed E-state index contributed by atoms with van der Waals surface area (Å²) in [5, 5.41) is 24.5. The van der Waals surface area contributed by atoms with Crippen molar-refractivity contribution in [3.63, 3.8) is 0 Å². The number of unbranched alkanes of at least 4 members (excludes halogenated alkanes) is 1. The molecule has 0 aromatic rings. The Bertz CT molecular complexity index is 707. The molecule has 182 valence electrons. The zero-order valence-corrected chi connectivity index (χ0v) is 18.2. The van der Waals surface area contributed by atoms with Gasteiger partial charge in [0.05, 0.1) is 18.9 Å². The molecule has 0 heterocycles. The lowest BCUT2D eigenvalue weighted by molar-refractivity contribution is -0.143. The average Bonchev–Trinajstić information content (AvgIpc) is 2.69. The minimum atomic E-state index is -1.62. The molecule has 0 radical (unpaired) electrons. The van der Waals surface area contributed by atoms with Crippen LogP contribution in [0.5, 0.6) is 0 Å². The lowest BCUT2D eigenvalue weighted by atomic mass is 10.1. The largest absolute Gasteiger partial charge is 0.481 e. The fourth-order valence-corrected chi connectivity index (χ4v) is 2.69. The molecule has 4 amide bonds. The van der Waals surface area contributed by atoms with E-state index in [1.807, 2.05) is 0 Å². The van der Waals surface area contributed by atoms with Gasteiger partial charge in [-0.05, 0) is 19.4 Å². The van der Waals surface area contributed by atoms with Crippen molar-refractivity contribution in [2.24, 2.45) is 17.2 Å². The van der Waals surface area contributed by atoms with Crippen LogP contribution in [0.25, 0.3) is 0 Å². The maximum absolute atomic E-state index is 12.6. The Balaban J connectivity index is 5.37. The van der Waals surface area contributed by atoms with Crippen LogP contribution in [-0.2, 0) is 28.8 Å². The summed E-state index contributed by atoms with van der Waals surface area (Å²) in [6.07, 6.45) is -0.141. The number of thiol groups is 1. The van der Waals surface area contributed by atoms with Gasteiger partial charge in [0.1, 0.15) is 18.1 Å². The zero-order valence-electron chi connectivity index (χ0n) is 17.3. The second-order valence-electron chi connectivity index (χ2n) is 6.86. The topological polar surface area (TPSA) is 257 Å². The van der Waals surface area contributed by atoms with E-state index in [-0.39, 0.29) is 12.2 Å². The van der Waals surface area contributed by atoms with E-state index >= 15 is 0 Å². The molecule has 4 unspecified atom stereocenters. The first-order valence-electron chi connectivity index (χ1n) is 9.63. The van der Waals surface area contributed by atoms with E-state index in [2.05, 4.69) is 28.6 Å². The molecule has 0 rings (SSSR count). The average molecular weight is 479 g/mol. The van der Waals surface area contributed by atoms with Crippen LogP contribution in [0.2, 0.25) is 0 Å². The normalized spacial score (nSPS) is 14.3. The van der Waals surface area contributed by atoms with E-state index in [0.29, 0.717) is 19.4 Å². The van der Waals surface area contributed by atoms with Gasteiger partial charge in [-0.3, -0.25) is 24.0 Å². The number of amides is 4. The van der Waals surface area contributed by atoms with Gasteiger partial charge in [0.2, 0.25) is 23.6 Å². The first kappa shape index (κ1) is 29.1. The summed E-state index contributed by atoms with van der Waals surface area (Å²) >= 11 is 3.79. The highest BCUT2D eigenvalue weighted by Gasteiger charge is 2.31. The van der Waals surface area contributed by atoms with Crippen molar-refractivity contribution in [1.82, 2.24) is 16.0 Å². The van der Waals surface area contributed by atoms with Gasteiger partial charge < -0.3 is 43.4 Å². The number of carbonyl (C=O) groups is 6. The molecular formula is C17H30N6O8S. The van der Waals surface area contributed by atoms with E-state index < -0.39 is 72.6 Å². The predicted molar refractivity (Wildman–Crippen MR) is 114 cm³/mol. The quantitative estimate of drug-likeness (QED) is 0.0773. The summed E-state index contributed by atoms with van der Waals surface area (Å²) < 4.78 is 0. The van der Waals surface area contributed by atoms with Gasteiger partial charge in [-0.25, -0.2) is 4.79 Å². The molecule has 32 heavy (non-hydrogen) atoms. The van der Waals surface area contributed by atoms with Gasteiger partial charge >= 0.3 is 11.9 Å². The molecule has 0 spiro atoms. The molecule has 0 aromatic carbocycles. The minimum Gasteiger partial charge on any atom is -0.481 e. The number of carbonyl (C=O) groups excluding carboxylic acids is 4. The zero-order chi connectivity index (χ0) is 24.8. The molecule has 0 bridgehead atoms. The molecule has 0 aliphatic heterocycles. The van der Waals surface area contributed by atoms with Crippen molar-refractivity contribution < 1.29 is 39.0 Å². The molecule has 0 aromatic heterocycles. The SMILES string of the molecule is NCCCCC(N)C(=O)NC(CC(=O)O)C(=O)NC(CC(N)=O)C(=O)NC(CS)C(=O)O. The van der Waals surface area contributed by atoms with Crippen molar-refractivity contribution in [3.05, 3.63) is 0 Å². The number of carboxylic acids is 2. The van der Waals surface area contributed by atoms with Crippen LogP contribution in [-0.4, -0.2) is 82.2 Å². The lowest BCUT2D eigenvalue weighted by Crippen LogP contribution is -2.58. The number of nitrogens with one attached hydrogen (secondary N) is 3. The predicted octanol–water partition coefficient (Wildman–Crippen LogP) is -3.74. The number of primary amides is 1. The van der Waals surface area contributed by atoms with Crippen LogP contribution in [0.15, 0.2) is 0 Å². The molecular weight excluding hydrogens is 448 g/mol. The Morgan fingerprint density at radius 2 is 1.31 bits per heavy atom. The molecule has 0 saturated heterocycles. The number of nitrogens with two attached hydrogens (primary N) is 3. The van der Waals surface area contributed by atoms with Crippen LogP contribution in [0.4, 0.5) is 0 Å². The Hall–Kier alpha value is -2.91. The highest BCUT2D eigenvalue weighted by Crippen LogP contribution is 2.03. The number of hydrogen-bond acceptors (Lipinski definition) is 9. The Labute approximate surface area is 189 Å². The molecule has 14 nitrogen and oxygen atoms in total. The highest BCUT2D eigenvalue weighted by molar-refractivity contribution is 7.80. The van der Waals surface area contributed by atoms with E-state index in [9.17, 15) is 28.8 Å². The summed E-state index contributed by atoms with van der Waals surface area (Å²) in [7, 11) is 0. The lowest BCUT2D eigenvalue weighted by Gasteiger charge is -2.23. The van der Waals surface area contributed by atoms with Crippen LogP contribution in [0.1, 0.15) is 32.1 Å². The van der Waals surface area contributed by atoms with E-state index in [1.54, 1.807) is 0 Å². The molecule has 0 aliphatic carbocycles.